The number of carbonyl (C=O) groups is 2. The smallest absolute Gasteiger partial charge is 0.475 e. The Labute approximate surface area is 249 Å². The van der Waals surface area contributed by atoms with Crippen molar-refractivity contribution in [3.8, 4) is 0 Å². The standard InChI is InChI=1S/C21H39N3O6.2C2HF3O2/c22-8-2-1-3-17-4-6-18(7-5-17)24(13-21(30)16-27)10-9-23(11-19(28)14-25)12-20(29)15-26;2*3-2(4,5)1(6)7/h4-7,19-21,25-30H,1-3,8-16,22H2;2*(H,6,7)/t19-,20-,21-;;/m0../s1. The molecule has 13 nitrogen and oxygen atoms in total. The van der Waals surface area contributed by atoms with Gasteiger partial charge in [0.15, 0.2) is 0 Å². The quantitative estimate of drug-likeness (QED) is 0.0754. The lowest BCUT2D eigenvalue weighted by Crippen LogP contribution is -2.45. The van der Waals surface area contributed by atoms with Gasteiger partial charge in [-0.15, -0.1) is 0 Å². The van der Waals surface area contributed by atoms with E-state index in [-0.39, 0.29) is 26.2 Å². The molecular weight excluding hydrogens is 616 g/mol. The summed E-state index contributed by atoms with van der Waals surface area (Å²) in [5.41, 5.74) is 7.62. The second-order valence-electron chi connectivity index (χ2n) is 9.23. The number of aliphatic hydroxyl groups excluding tert-OH is 6. The van der Waals surface area contributed by atoms with Crippen LogP contribution < -0.4 is 10.6 Å². The molecule has 0 aliphatic rings. The minimum atomic E-state index is -5.08. The van der Waals surface area contributed by atoms with E-state index in [2.05, 4.69) is 0 Å². The molecule has 44 heavy (non-hydrogen) atoms. The number of aliphatic hydroxyl groups is 6. The van der Waals surface area contributed by atoms with Crippen LogP contribution in [0.3, 0.4) is 0 Å². The normalized spacial score (nSPS) is 13.6. The van der Waals surface area contributed by atoms with Crippen LogP contribution in [0.25, 0.3) is 0 Å². The molecule has 1 aromatic rings. The van der Waals surface area contributed by atoms with Crippen LogP contribution in [0.1, 0.15) is 18.4 Å². The number of nitrogens with zero attached hydrogens (tertiary/aromatic N) is 2. The van der Waals surface area contributed by atoms with Crippen LogP contribution in [0, 0.1) is 0 Å². The van der Waals surface area contributed by atoms with Crippen LogP contribution in [0.5, 0.6) is 0 Å². The lowest BCUT2D eigenvalue weighted by Gasteiger charge is -2.32. The summed E-state index contributed by atoms with van der Waals surface area (Å²) in [4.78, 5) is 21.5. The van der Waals surface area contributed by atoms with Crippen LogP contribution in [0.15, 0.2) is 24.3 Å². The van der Waals surface area contributed by atoms with Gasteiger partial charge in [0.25, 0.3) is 0 Å². The lowest BCUT2D eigenvalue weighted by atomic mass is 10.1. The van der Waals surface area contributed by atoms with Crippen molar-refractivity contribution >= 4 is 17.6 Å². The lowest BCUT2D eigenvalue weighted by molar-refractivity contribution is -0.193. The van der Waals surface area contributed by atoms with Crippen molar-refractivity contribution in [2.24, 2.45) is 5.73 Å². The monoisotopic (exact) mass is 657 g/mol. The molecule has 0 heterocycles. The van der Waals surface area contributed by atoms with E-state index in [0.29, 0.717) is 19.6 Å². The molecule has 0 aliphatic carbocycles. The Kier molecular flexibility index (Phi) is 22.4. The summed E-state index contributed by atoms with van der Waals surface area (Å²) in [6.45, 7) is 0.913. The number of alkyl halides is 6. The minimum absolute atomic E-state index is 0.143. The Morgan fingerprint density at radius 3 is 1.43 bits per heavy atom. The average Bonchev–Trinajstić information content (AvgIpc) is 2.94. The van der Waals surface area contributed by atoms with E-state index in [1.807, 2.05) is 29.2 Å². The summed E-state index contributed by atoms with van der Waals surface area (Å²) >= 11 is 0. The molecule has 0 bridgehead atoms. The fourth-order valence-electron chi connectivity index (χ4n) is 3.22. The largest absolute Gasteiger partial charge is 0.490 e. The number of aliphatic carboxylic acids is 2. The van der Waals surface area contributed by atoms with Crippen LogP contribution in [0.2, 0.25) is 0 Å². The van der Waals surface area contributed by atoms with E-state index in [4.69, 9.17) is 35.7 Å². The number of halogens is 6. The Hall–Kier alpha value is -2.78. The molecule has 0 saturated carbocycles. The highest BCUT2D eigenvalue weighted by Crippen LogP contribution is 2.18. The number of carboxylic acids is 2. The van der Waals surface area contributed by atoms with Gasteiger partial charge in [-0.05, 0) is 43.5 Å². The topological polar surface area (TPSA) is 228 Å². The summed E-state index contributed by atoms with van der Waals surface area (Å²) in [6, 6.07) is 8.01. The minimum Gasteiger partial charge on any atom is -0.475 e. The van der Waals surface area contributed by atoms with Crippen LogP contribution in [-0.4, -0.2) is 147 Å². The van der Waals surface area contributed by atoms with E-state index in [1.165, 1.54) is 5.56 Å². The number of carboxylic acid groups (broad SMARTS) is 2. The van der Waals surface area contributed by atoms with Gasteiger partial charge in [0.05, 0.1) is 38.1 Å². The molecular formula is C25H41F6N3O10. The average molecular weight is 658 g/mol. The zero-order valence-electron chi connectivity index (χ0n) is 23.7. The van der Waals surface area contributed by atoms with Gasteiger partial charge in [-0.25, -0.2) is 9.59 Å². The van der Waals surface area contributed by atoms with E-state index >= 15 is 0 Å². The van der Waals surface area contributed by atoms with E-state index in [0.717, 1.165) is 24.9 Å². The summed E-state index contributed by atoms with van der Waals surface area (Å²) in [7, 11) is 0. The van der Waals surface area contributed by atoms with Gasteiger partial charge < -0.3 is 51.5 Å². The van der Waals surface area contributed by atoms with Gasteiger partial charge in [0, 0.05) is 38.4 Å². The van der Waals surface area contributed by atoms with Crippen molar-refractivity contribution in [2.45, 2.75) is 49.9 Å². The fraction of sp³-hybridized carbons (Fsp3) is 0.680. The molecule has 10 N–H and O–H groups in total. The first kappa shape index (κ1) is 43.3. The molecule has 0 fully saturated rings. The Morgan fingerprint density at radius 2 is 1.09 bits per heavy atom. The highest BCUT2D eigenvalue weighted by molar-refractivity contribution is 5.73. The molecule has 3 atom stereocenters. The molecule has 258 valence electrons. The van der Waals surface area contributed by atoms with Crippen molar-refractivity contribution in [1.29, 1.82) is 0 Å². The van der Waals surface area contributed by atoms with Gasteiger partial charge in [-0.2, -0.15) is 26.3 Å². The summed E-state index contributed by atoms with van der Waals surface area (Å²) in [6.07, 6.45) is -10.0. The predicted octanol–water partition coefficient (Wildman–Crippen LogP) is -0.597. The summed E-state index contributed by atoms with van der Waals surface area (Å²) in [5, 5.41) is 71.2. The second kappa shape index (κ2) is 22.7. The Morgan fingerprint density at radius 1 is 0.705 bits per heavy atom. The Bertz CT molecular complexity index is 874. The molecule has 19 heteroatoms. The number of aryl methyl sites for hydroxylation is 1. The second-order valence-corrected chi connectivity index (χ2v) is 9.23. The fourth-order valence-corrected chi connectivity index (χ4v) is 3.22. The van der Waals surface area contributed by atoms with Crippen molar-refractivity contribution in [1.82, 2.24) is 4.90 Å². The van der Waals surface area contributed by atoms with Gasteiger partial charge in [0.2, 0.25) is 0 Å². The molecule has 1 aromatic carbocycles. The molecule has 0 amide bonds. The first-order valence-electron chi connectivity index (χ1n) is 13.1. The van der Waals surface area contributed by atoms with Crippen LogP contribution in [0.4, 0.5) is 32.0 Å². The zero-order chi connectivity index (χ0) is 34.5. The van der Waals surface area contributed by atoms with Crippen molar-refractivity contribution < 1.29 is 76.8 Å². The molecule has 0 radical (unpaired) electrons. The maximum Gasteiger partial charge on any atom is 0.490 e. The summed E-state index contributed by atoms with van der Waals surface area (Å²) in [5.74, 6) is -5.51. The highest BCUT2D eigenvalue weighted by atomic mass is 19.4. The predicted molar refractivity (Wildman–Crippen MR) is 144 cm³/mol. The molecule has 0 unspecified atom stereocenters. The van der Waals surface area contributed by atoms with Crippen molar-refractivity contribution in [3.63, 3.8) is 0 Å². The first-order chi connectivity index (χ1) is 20.3. The van der Waals surface area contributed by atoms with Gasteiger partial charge >= 0.3 is 24.3 Å². The van der Waals surface area contributed by atoms with Gasteiger partial charge in [-0.3, -0.25) is 4.90 Å². The van der Waals surface area contributed by atoms with Crippen molar-refractivity contribution in [2.75, 3.05) is 64.0 Å². The van der Waals surface area contributed by atoms with Crippen LogP contribution in [-0.2, 0) is 16.0 Å². The maximum atomic E-state index is 10.6. The highest BCUT2D eigenvalue weighted by Gasteiger charge is 2.38. The SMILES string of the molecule is NCCCCc1ccc(N(CCN(C[C@H](O)CO)C[C@H](O)CO)C[C@H](O)CO)cc1.O=C(O)C(F)(F)F.O=C(O)C(F)(F)F. The zero-order valence-corrected chi connectivity index (χ0v) is 23.7. The van der Waals surface area contributed by atoms with E-state index in [1.54, 1.807) is 4.90 Å². The number of hydrogen-bond acceptors (Lipinski definition) is 11. The maximum absolute atomic E-state index is 10.6. The van der Waals surface area contributed by atoms with E-state index in [9.17, 15) is 46.8 Å². The molecule has 1 rings (SSSR count). The molecule has 0 spiro atoms. The number of anilines is 1. The van der Waals surface area contributed by atoms with E-state index < -0.39 is 55.8 Å². The third kappa shape index (κ3) is 21.8. The third-order valence-corrected chi connectivity index (χ3v) is 5.39. The number of rotatable bonds is 17. The number of benzene rings is 1. The summed E-state index contributed by atoms with van der Waals surface area (Å²) < 4.78 is 63.5. The van der Waals surface area contributed by atoms with Crippen LogP contribution >= 0.6 is 0 Å². The first-order valence-corrected chi connectivity index (χ1v) is 13.1. The molecule has 0 aliphatic heterocycles. The van der Waals surface area contributed by atoms with Crippen molar-refractivity contribution in [3.05, 3.63) is 29.8 Å². The van der Waals surface area contributed by atoms with Gasteiger partial charge in [-0.1, -0.05) is 12.1 Å². The number of unbranched alkanes of at least 4 members (excludes halogenated alkanes) is 1. The molecule has 0 saturated heterocycles. The van der Waals surface area contributed by atoms with Gasteiger partial charge in [0.1, 0.15) is 0 Å². The Balaban J connectivity index is 0. The number of hydrogen-bond donors (Lipinski definition) is 9. The number of nitrogens with two attached hydrogens (primary N) is 1. The third-order valence-electron chi connectivity index (χ3n) is 5.39. The molecule has 0 aromatic heterocycles.